The van der Waals surface area contributed by atoms with E-state index in [1.54, 1.807) is 0 Å². The van der Waals surface area contributed by atoms with Gasteiger partial charge in [-0.2, -0.15) is 18.2 Å². The summed E-state index contributed by atoms with van der Waals surface area (Å²) in [6.07, 6.45) is -9.69. The largest absolute Gasteiger partial charge is 0.416 e. The fourth-order valence-corrected chi connectivity index (χ4v) is 7.12. The third kappa shape index (κ3) is 17.0. The van der Waals surface area contributed by atoms with Gasteiger partial charge >= 0.3 is 27.1 Å². The zero-order valence-electron chi connectivity index (χ0n) is 29.6. The Labute approximate surface area is 295 Å². The fourth-order valence-electron chi connectivity index (χ4n) is 4.55. The number of nitrogens with one attached hydrogen (secondary N) is 1. The molecule has 5 atom stereocenters. The maximum absolute atomic E-state index is 12.6. The number of nitrogens with zero attached hydrogens (tertiary/aromatic N) is 4. The molecule has 21 heteroatoms. The lowest BCUT2D eigenvalue weighted by Crippen LogP contribution is -2.36. The number of rotatable bonds is 16. The molecule has 0 bridgehead atoms. The first-order valence-corrected chi connectivity index (χ1v) is 19.9. The number of halogens is 3. The second kappa shape index (κ2) is 22.1. The number of aliphatic hydroxyl groups excluding tert-OH is 2. The lowest BCUT2D eigenvalue weighted by atomic mass is 10.1. The summed E-state index contributed by atoms with van der Waals surface area (Å²) in [6.45, 7) is 19.3. The van der Waals surface area contributed by atoms with Crippen LogP contribution in [0.15, 0.2) is 41.3 Å². The molecule has 51 heavy (non-hydrogen) atoms. The molecular weight excluding hydrogens is 725 g/mol. The van der Waals surface area contributed by atoms with Crippen LogP contribution >= 0.6 is 15.2 Å². The molecule has 0 amide bonds. The zero-order chi connectivity index (χ0) is 39.0. The Balaban J connectivity index is 0.000000780. The molecule has 1 aliphatic rings. The van der Waals surface area contributed by atoms with Crippen LogP contribution in [-0.4, -0.2) is 114 Å². The van der Waals surface area contributed by atoms with E-state index in [9.17, 15) is 42.2 Å². The van der Waals surface area contributed by atoms with Gasteiger partial charge in [0.1, 0.15) is 18.3 Å². The van der Waals surface area contributed by atoms with Gasteiger partial charge < -0.3 is 44.0 Å². The Hall–Kier alpha value is -2.25. The van der Waals surface area contributed by atoms with Gasteiger partial charge in [0.05, 0.1) is 18.8 Å². The zero-order valence-corrected chi connectivity index (χ0v) is 31.4. The van der Waals surface area contributed by atoms with Crippen molar-refractivity contribution in [1.82, 2.24) is 19.4 Å². The summed E-state index contributed by atoms with van der Waals surface area (Å²) in [7, 11) is -9.64. The molecule has 0 saturated carbocycles. The second-order valence-electron chi connectivity index (χ2n) is 11.1. The lowest BCUT2D eigenvalue weighted by Gasteiger charge is -2.18. The van der Waals surface area contributed by atoms with Crippen LogP contribution in [0.5, 0.6) is 0 Å². The minimum Gasteiger partial charge on any atom is -0.387 e. The molecule has 2 heterocycles. The van der Waals surface area contributed by atoms with Gasteiger partial charge in [0.2, 0.25) is 0 Å². The number of alkyl halides is 3. The van der Waals surface area contributed by atoms with Crippen molar-refractivity contribution in [2.24, 2.45) is 0 Å². The molecule has 1 saturated heterocycles. The van der Waals surface area contributed by atoms with Gasteiger partial charge in [-0.15, -0.1) is 0 Å². The maximum Gasteiger partial charge on any atom is 0.416 e. The molecule has 294 valence electrons. The van der Waals surface area contributed by atoms with E-state index in [1.807, 2.05) is 0 Å². The number of aromatic nitrogens is 2. The Kier molecular flexibility index (Phi) is 20.2. The smallest absolute Gasteiger partial charge is 0.387 e. The summed E-state index contributed by atoms with van der Waals surface area (Å²) < 4.78 is 71.2. The van der Waals surface area contributed by atoms with Crippen molar-refractivity contribution in [3.63, 3.8) is 0 Å². The van der Waals surface area contributed by atoms with E-state index in [4.69, 9.17) is 19.4 Å². The van der Waals surface area contributed by atoms with Crippen molar-refractivity contribution < 1.29 is 61.3 Å². The summed E-state index contributed by atoms with van der Waals surface area (Å²) >= 11 is 0. The van der Waals surface area contributed by atoms with E-state index in [2.05, 4.69) is 66.3 Å². The number of benzene rings is 1. The molecule has 1 fully saturated rings. The standard InChI is InChI=1S/C18H22F3N3O11P2.2C6H15N/c19-18(20,21)11-3-1-10(2-4-11)7-33-23-13-5-6-24(17(27)22-13)16-15(26)14(25)12(35-16)8-34-37(31,32)9-36(28,29)30;2*1-4-7(5-2)6-3/h1-6,12,14-16,25-26H,7-9H2,(H,31,32)(H,22,23,27)(H2,28,29,30);2*4-6H2,1-3H3/t12-,14-,15-,16-;;/m1../s1. The number of anilines is 1. The van der Waals surface area contributed by atoms with Crippen molar-refractivity contribution in [3.8, 4) is 0 Å². The maximum atomic E-state index is 12.6. The first-order valence-electron chi connectivity index (χ1n) is 16.4. The van der Waals surface area contributed by atoms with Gasteiger partial charge in [-0.3, -0.25) is 18.5 Å². The molecule has 3 rings (SSSR count). The van der Waals surface area contributed by atoms with E-state index in [0.717, 1.165) is 22.9 Å². The van der Waals surface area contributed by atoms with Crippen LogP contribution in [0.3, 0.4) is 0 Å². The van der Waals surface area contributed by atoms with Gasteiger partial charge in [0.25, 0.3) is 0 Å². The Morgan fingerprint density at radius 2 is 1.39 bits per heavy atom. The average Bonchev–Trinajstić information content (AvgIpc) is 3.33. The molecule has 6 N–H and O–H groups in total. The monoisotopic (exact) mass is 777 g/mol. The molecule has 16 nitrogen and oxygen atoms in total. The van der Waals surface area contributed by atoms with Crippen LogP contribution < -0.4 is 11.2 Å². The minimum atomic E-state index is -4.88. The molecule has 1 aromatic carbocycles. The quantitative estimate of drug-likeness (QED) is 0.106. The summed E-state index contributed by atoms with van der Waals surface area (Å²) in [4.78, 5) is 53.1. The van der Waals surface area contributed by atoms with Gasteiger partial charge in [0.15, 0.2) is 17.9 Å². The topological polar surface area (TPSA) is 216 Å². The van der Waals surface area contributed by atoms with Crippen molar-refractivity contribution in [3.05, 3.63) is 58.1 Å². The highest BCUT2D eigenvalue weighted by Crippen LogP contribution is 2.55. The van der Waals surface area contributed by atoms with Gasteiger partial charge in [-0.1, -0.05) is 53.7 Å². The van der Waals surface area contributed by atoms with Crippen molar-refractivity contribution in [1.29, 1.82) is 0 Å². The van der Waals surface area contributed by atoms with E-state index in [1.165, 1.54) is 57.5 Å². The summed E-state index contributed by atoms with van der Waals surface area (Å²) in [6, 6.07) is 5.41. The average molecular weight is 778 g/mol. The Bertz CT molecular complexity index is 1420. The van der Waals surface area contributed by atoms with Crippen molar-refractivity contribution in [2.75, 3.05) is 57.3 Å². The first-order chi connectivity index (χ1) is 23.7. The molecular formula is C30H52F3N5O11P2. The molecule has 0 aliphatic carbocycles. The highest BCUT2D eigenvalue weighted by molar-refractivity contribution is 7.70. The van der Waals surface area contributed by atoms with E-state index in [0.29, 0.717) is 5.56 Å². The molecule has 0 radical (unpaired) electrons. The SMILES string of the molecule is CCN(CC)CC.CCN(CC)CC.O=c1nc(NOCc2ccc(C(F)(F)F)cc2)ccn1[C@@H]1O[C@H](COP(=O)(O)CP(=O)(O)O)[C@@H](O)[C@H]1O. The summed E-state index contributed by atoms with van der Waals surface area (Å²) in [5.41, 5.74) is 0.935. The number of hydrogen-bond donors (Lipinski definition) is 6. The van der Waals surface area contributed by atoms with Gasteiger partial charge in [-0.05, 0) is 63.0 Å². The highest BCUT2D eigenvalue weighted by atomic mass is 31.2. The molecule has 1 unspecified atom stereocenters. The molecule has 0 spiro atoms. The first kappa shape index (κ1) is 46.8. The third-order valence-electron chi connectivity index (χ3n) is 7.62. The van der Waals surface area contributed by atoms with Crippen LogP contribution in [0.1, 0.15) is 58.9 Å². The van der Waals surface area contributed by atoms with Crippen LogP contribution in [0.25, 0.3) is 0 Å². The summed E-state index contributed by atoms with van der Waals surface area (Å²) in [5.74, 6) is -1.56. The van der Waals surface area contributed by atoms with Gasteiger partial charge in [-0.25, -0.2) is 10.3 Å². The normalized spacial score (nSPS) is 20.3. The molecule has 1 aromatic heterocycles. The summed E-state index contributed by atoms with van der Waals surface area (Å²) in [5, 5.41) is 20.4. The number of ether oxygens (including phenoxy) is 1. The second-order valence-corrected chi connectivity index (χ2v) is 15.1. The predicted molar refractivity (Wildman–Crippen MR) is 184 cm³/mol. The highest BCUT2D eigenvalue weighted by Gasteiger charge is 2.45. The van der Waals surface area contributed by atoms with Gasteiger partial charge in [0, 0.05) is 6.20 Å². The van der Waals surface area contributed by atoms with Crippen molar-refractivity contribution >= 4 is 21.0 Å². The van der Waals surface area contributed by atoms with E-state index >= 15 is 0 Å². The van der Waals surface area contributed by atoms with E-state index in [-0.39, 0.29) is 12.4 Å². The number of aliphatic hydroxyl groups is 2. The molecule has 1 aliphatic heterocycles. The van der Waals surface area contributed by atoms with Crippen LogP contribution in [-0.2, 0) is 36.0 Å². The van der Waals surface area contributed by atoms with Crippen LogP contribution in [0.2, 0.25) is 0 Å². The Morgan fingerprint density at radius 1 is 0.882 bits per heavy atom. The predicted octanol–water partition coefficient (Wildman–Crippen LogP) is 3.46. The lowest BCUT2D eigenvalue weighted by molar-refractivity contribution is -0.137. The minimum absolute atomic E-state index is 0.0975. The number of hydrogen-bond acceptors (Lipinski definition) is 12. The van der Waals surface area contributed by atoms with Crippen molar-refractivity contribution in [2.45, 2.75) is 78.9 Å². The third-order valence-corrected chi connectivity index (χ3v) is 11.1. The Morgan fingerprint density at radius 3 is 1.80 bits per heavy atom. The van der Waals surface area contributed by atoms with E-state index < -0.39 is 69.7 Å². The van der Waals surface area contributed by atoms with Crippen LogP contribution in [0, 0.1) is 0 Å². The molecule has 2 aromatic rings. The van der Waals surface area contributed by atoms with Crippen LogP contribution in [0.4, 0.5) is 19.0 Å². The fraction of sp³-hybridized carbons (Fsp3) is 0.667.